The Labute approximate surface area is 55.5 Å². The Bertz CT molecular complexity index is 41.8. The summed E-state index contributed by atoms with van der Waals surface area (Å²) in [6.07, 6.45) is 0.929. The minimum Gasteiger partial charge on any atom is -0.396 e. The van der Waals surface area contributed by atoms with Crippen LogP contribution in [0.15, 0.2) is 0 Å². The van der Waals surface area contributed by atoms with Gasteiger partial charge in [0.1, 0.15) is 0 Å². The van der Waals surface area contributed by atoms with Crippen molar-refractivity contribution < 1.29 is 5.11 Å². The first-order valence-electron chi connectivity index (χ1n) is 3.03. The lowest BCUT2D eigenvalue weighted by Crippen LogP contribution is -1.98. The molecule has 0 aromatic heterocycles. The van der Waals surface area contributed by atoms with Gasteiger partial charge in [0.05, 0.1) is 0 Å². The van der Waals surface area contributed by atoms with Crippen molar-refractivity contribution in [2.45, 2.75) is 25.5 Å². The van der Waals surface area contributed by atoms with Crippen molar-refractivity contribution in [3.05, 3.63) is 0 Å². The van der Waals surface area contributed by atoms with Crippen LogP contribution < -0.4 is 0 Å². The second kappa shape index (κ2) is 5.45. The first-order chi connectivity index (χ1) is 3.81. The zero-order valence-corrected chi connectivity index (χ0v) is 6.37. The van der Waals surface area contributed by atoms with Gasteiger partial charge in [0.25, 0.3) is 0 Å². The zero-order chi connectivity index (χ0) is 6.41. The van der Waals surface area contributed by atoms with E-state index in [-0.39, 0.29) is 0 Å². The highest BCUT2D eigenvalue weighted by molar-refractivity contribution is 7.99. The summed E-state index contributed by atoms with van der Waals surface area (Å²) < 4.78 is 0. The van der Waals surface area contributed by atoms with E-state index in [4.69, 9.17) is 5.11 Å². The molecule has 1 N–H and O–H groups in total. The van der Waals surface area contributed by atoms with Crippen LogP contribution in [0.3, 0.4) is 0 Å². The Kier molecular flexibility index (Phi) is 5.66. The molecule has 0 aromatic rings. The molecule has 0 heterocycles. The van der Waals surface area contributed by atoms with Crippen LogP contribution in [0.25, 0.3) is 0 Å². The molecule has 0 rings (SSSR count). The van der Waals surface area contributed by atoms with Gasteiger partial charge in [-0.1, -0.05) is 13.8 Å². The molecular weight excluding hydrogens is 120 g/mol. The summed E-state index contributed by atoms with van der Waals surface area (Å²) >= 11 is 1.90. The topological polar surface area (TPSA) is 20.2 Å². The van der Waals surface area contributed by atoms with Gasteiger partial charge >= 0.3 is 0 Å². The SMILES string of the molecule is CCS[C@@H](C)CCO. The molecule has 1 atom stereocenters. The smallest absolute Gasteiger partial charge is 0.0441 e. The van der Waals surface area contributed by atoms with Gasteiger partial charge in [-0.3, -0.25) is 0 Å². The molecule has 0 unspecified atom stereocenters. The fraction of sp³-hybridized carbons (Fsp3) is 1.00. The largest absolute Gasteiger partial charge is 0.396 e. The maximum Gasteiger partial charge on any atom is 0.0441 e. The van der Waals surface area contributed by atoms with Gasteiger partial charge in [0.2, 0.25) is 0 Å². The minimum absolute atomic E-state index is 0.328. The fourth-order valence-corrected chi connectivity index (χ4v) is 1.39. The van der Waals surface area contributed by atoms with Crippen molar-refractivity contribution >= 4 is 11.8 Å². The molecular formula is C6H14OS. The summed E-state index contributed by atoms with van der Waals surface area (Å²) in [6, 6.07) is 0. The Morgan fingerprint density at radius 2 is 2.25 bits per heavy atom. The number of aliphatic hydroxyl groups excluding tert-OH is 1. The number of hydrogen-bond donors (Lipinski definition) is 1. The molecule has 0 aromatic carbocycles. The van der Waals surface area contributed by atoms with E-state index in [1.807, 2.05) is 11.8 Å². The Hall–Kier alpha value is 0.310. The number of aliphatic hydroxyl groups is 1. The van der Waals surface area contributed by atoms with Crippen LogP contribution in [0, 0.1) is 0 Å². The third kappa shape index (κ3) is 4.47. The van der Waals surface area contributed by atoms with Gasteiger partial charge in [-0.05, 0) is 12.2 Å². The molecule has 0 amide bonds. The van der Waals surface area contributed by atoms with E-state index in [1.54, 1.807) is 0 Å². The molecule has 2 heteroatoms. The second-order valence-electron chi connectivity index (χ2n) is 1.78. The summed E-state index contributed by atoms with van der Waals surface area (Å²) in [7, 11) is 0. The third-order valence-electron chi connectivity index (χ3n) is 0.987. The standard InChI is InChI=1S/C6H14OS/c1-3-8-6(2)4-5-7/h6-7H,3-5H2,1-2H3/t6-/m0/s1. The molecule has 0 aliphatic carbocycles. The average Bonchev–Trinajstić information content (AvgIpc) is 1.68. The lowest BCUT2D eigenvalue weighted by atomic mass is 10.3. The highest BCUT2D eigenvalue weighted by atomic mass is 32.2. The van der Waals surface area contributed by atoms with Crippen molar-refractivity contribution in [3.8, 4) is 0 Å². The minimum atomic E-state index is 0.328. The van der Waals surface area contributed by atoms with E-state index in [1.165, 1.54) is 0 Å². The van der Waals surface area contributed by atoms with Crippen LogP contribution in [0.1, 0.15) is 20.3 Å². The monoisotopic (exact) mass is 134 g/mol. The van der Waals surface area contributed by atoms with Crippen molar-refractivity contribution in [1.29, 1.82) is 0 Å². The maximum absolute atomic E-state index is 8.45. The van der Waals surface area contributed by atoms with Gasteiger partial charge in [-0.15, -0.1) is 0 Å². The molecule has 0 radical (unpaired) electrons. The van der Waals surface area contributed by atoms with Gasteiger partial charge in [0.15, 0.2) is 0 Å². The molecule has 50 valence electrons. The molecule has 1 nitrogen and oxygen atoms in total. The fourth-order valence-electron chi connectivity index (χ4n) is 0.550. The van der Waals surface area contributed by atoms with E-state index < -0.39 is 0 Å². The Morgan fingerprint density at radius 1 is 1.62 bits per heavy atom. The predicted molar refractivity (Wildman–Crippen MR) is 39.3 cm³/mol. The van der Waals surface area contributed by atoms with Crippen molar-refractivity contribution in [2.24, 2.45) is 0 Å². The Morgan fingerprint density at radius 3 is 2.62 bits per heavy atom. The number of rotatable bonds is 4. The Balaban J connectivity index is 2.92. The molecule has 0 aliphatic rings. The number of hydrogen-bond acceptors (Lipinski definition) is 2. The predicted octanol–water partition coefficient (Wildman–Crippen LogP) is 1.51. The van der Waals surface area contributed by atoms with Crippen LogP contribution in [0.2, 0.25) is 0 Å². The molecule has 0 saturated heterocycles. The van der Waals surface area contributed by atoms with Gasteiger partial charge < -0.3 is 5.11 Å². The van der Waals surface area contributed by atoms with E-state index >= 15 is 0 Å². The summed E-state index contributed by atoms with van der Waals surface area (Å²) in [4.78, 5) is 0. The van der Waals surface area contributed by atoms with Crippen molar-refractivity contribution in [1.82, 2.24) is 0 Å². The van der Waals surface area contributed by atoms with Crippen LogP contribution in [0.5, 0.6) is 0 Å². The van der Waals surface area contributed by atoms with E-state index in [9.17, 15) is 0 Å². The molecule has 0 spiro atoms. The van der Waals surface area contributed by atoms with E-state index in [0.717, 1.165) is 12.2 Å². The van der Waals surface area contributed by atoms with E-state index in [0.29, 0.717) is 11.9 Å². The van der Waals surface area contributed by atoms with E-state index in [2.05, 4.69) is 13.8 Å². The zero-order valence-electron chi connectivity index (χ0n) is 5.55. The second-order valence-corrected chi connectivity index (χ2v) is 3.49. The molecule has 0 bridgehead atoms. The molecule has 0 saturated carbocycles. The van der Waals surface area contributed by atoms with Gasteiger partial charge in [0, 0.05) is 11.9 Å². The highest BCUT2D eigenvalue weighted by Crippen LogP contribution is 2.11. The lowest BCUT2D eigenvalue weighted by molar-refractivity contribution is 0.289. The normalized spacial score (nSPS) is 13.9. The summed E-state index contributed by atoms with van der Waals surface area (Å²) in [5.74, 6) is 1.15. The average molecular weight is 134 g/mol. The van der Waals surface area contributed by atoms with Crippen LogP contribution in [-0.4, -0.2) is 22.7 Å². The first kappa shape index (κ1) is 8.31. The van der Waals surface area contributed by atoms with Gasteiger partial charge in [-0.2, -0.15) is 11.8 Å². The first-order valence-corrected chi connectivity index (χ1v) is 4.08. The molecule has 0 aliphatic heterocycles. The van der Waals surface area contributed by atoms with Crippen molar-refractivity contribution in [3.63, 3.8) is 0 Å². The molecule has 0 fully saturated rings. The van der Waals surface area contributed by atoms with Crippen LogP contribution in [0.4, 0.5) is 0 Å². The number of thioether (sulfide) groups is 1. The van der Waals surface area contributed by atoms with Crippen LogP contribution >= 0.6 is 11.8 Å². The van der Waals surface area contributed by atoms with Crippen molar-refractivity contribution in [2.75, 3.05) is 12.4 Å². The summed E-state index contributed by atoms with van der Waals surface area (Å²) in [6.45, 7) is 4.61. The third-order valence-corrected chi connectivity index (χ3v) is 2.12. The highest BCUT2D eigenvalue weighted by Gasteiger charge is 1.96. The van der Waals surface area contributed by atoms with Gasteiger partial charge in [-0.25, -0.2) is 0 Å². The summed E-state index contributed by atoms with van der Waals surface area (Å²) in [5.41, 5.74) is 0. The molecule has 8 heavy (non-hydrogen) atoms. The van der Waals surface area contributed by atoms with Crippen LogP contribution in [-0.2, 0) is 0 Å². The lowest BCUT2D eigenvalue weighted by Gasteiger charge is -2.04. The summed E-state index contributed by atoms with van der Waals surface area (Å²) in [5, 5.41) is 9.08. The quantitative estimate of drug-likeness (QED) is 0.629. The maximum atomic E-state index is 8.45.